The molecule has 0 saturated heterocycles. The summed E-state index contributed by atoms with van der Waals surface area (Å²) in [6.07, 6.45) is -4.11. The lowest BCUT2D eigenvalue weighted by atomic mass is 10.0. The number of amides is 1. The van der Waals surface area contributed by atoms with Gasteiger partial charge in [0, 0.05) is 5.69 Å². The van der Waals surface area contributed by atoms with E-state index in [0.717, 1.165) is 24.1 Å². The molecule has 1 heterocycles. The highest BCUT2D eigenvalue weighted by Gasteiger charge is 2.31. The van der Waals surface area contributed by atoms with Crippen LogP contribution in [0.15, 0.2) is 48.5 Å². The number of halogens is 3. The SMILES string of the molecule is O=C(Nc1ccc(OC(F)(F)F)cc1)[C@H]1CCc2ccccc2O1. The summed E-state index contributed by atoms with van der Waals surface area (Å²) in [5.74, 6) is -0.00448. The summed E-state index contributed by atoms with van der Waals surface area (Å²) in [5, 5.41) is 2.63. The molecule has 0 bridgehead atoms. The number of ether oxygens (including phenoxy) is 2. The zero-order valence-electron chi connectivity index (χ0n) is 12.5. The topological polar surface area (TPSA) is 47.6 Å². The molecule has 1 atom stereocenters. The monoisotopic (exact) mass is 337 g/mol. The van der Waals surface area contributed by atoms with Crippen molar-refractivity contribution in [3.8, 4) is 11.5 Å². The zero-order chi connectivity index (χ0) is 17.2. The van der Waals surface area contributed by atoms with Crippen LogP contribution >= 0.6 is 0 Å². The first-order valence-electron chi connectivity index (χ1n) is 7.32. The molecule has 126 valence electrons. The molecule has 0 fully saturated rings. The second-order valence-corrected chi connectivity index (χ2v) is 5.31. The fourth-order valence-electron chi connectivity index (χ4n) is 2.47. The Morgan fingerprint density at radius 3 is 2.54 bits per heavy atom. The van der Waals surface area contributed by atoms with E-state index in [-0.39, 0.29) is 11.7 Å². The normalized spacial score (nSPS) is 16.7. The average Bonchev–Trinajstić information content (AvgIpc) is 2.55. The van der Waals surface area contributed by atoms with Gasteiger partial charge in [0.05, 0.1) is 0 Å². The lowest BCUT2D eigenvalue weighted by Crippen LogP contribution is -2.35. The molecule has 1 amide bonds. The fraction of sp³-hybridized carbons (Fsp3) is 0.235. The van der Waals surface area contributed by atoms with E-state index in [4.69, 9.17) is 4.74 Å². The van der Waals surface area contributed by atoms with Gasteiger partial charge in [-0.25, -0.2) is 0 Å². The number of alkyl halides is 3. The standard InChI is InChI=1S/C17H14F3NO3/c18-17(19,20)24-13-8-6-12(7-9-13)21-16(22)15-10-5-11-3-1-2-4-14(11)23-15/h1-4,6-9,15H,5,10H2,(H,21,22)/t15-/m1/s1. The highest BCUT2D eigenvalue weighted by molar-refractivity contribution is 5.94. The van der Waals surface area contributed by atoms with Crippen LogP contribution in [0.5, 0.6) is 11.5 Å². The van der Waals surface area contributed by atoms with Crippen LogP contribution in [-0.4, -0.2) is 18.4 Å². The molecule has 0 saturated carbocycles. The van der Waals surface area contributed by atoms with Crippen LogP contribution in [-0.2, 0) is 11.2 Å². The minimum Gasteiger partial charge on any atom is -0.480 e. The van der Waals surface area contributed by atoms with E-state index in [1.54, 1.807) is 6.07 Å². The molecule has 7 heteroatoms. The van der Waals surface area contributed by atoms with E-state index < -0.39 is 12.5 Å². The Labute approximate surface area is 136 Å². The number of hydrogen-bond donors (Lipinski definition) is 1. The van der Waals surface area contributed by atoms with Crippen molar-refractivity contribution in [3.05, 3.63) is 54.1 Å². The molecule has 2 aromatic rings. The van der Waals surface area contributed by atoms with E-state index >= 15 is 0 Å². The molecule has 3 rings (SSSR count). The predicted octanol–water partition coefficient (Wildman–Crippen LogP) is 3.92. The van der Waals surface area contributed by atoms with Crippen LogP contribution in [0.2, 0.25) is 0 Å². The van der Waals surface area contributed by atoms with E-state index in [1.807, 2.05) is 18.2 Å². The van der Waals surface area contributed by atoms with Gasteiger partial charge in [0.25, 0.3) is 5.91 Å². The van der Waals surface area contributed by atoms with Crippen molar-refractivity contribution in [2.45, 2.75) is 25.3 Å². The molecule has 0 radical (unpaired) electrons. The van der Waals surface area contributed by atoms with Crippen LogP contribution in [0.4, 0.5) is 18.9 Å². The van der Waals surface area contributed by atoms with Gasteiger partial charge in [-0.15, -0.1) is 13.2 Å². The summed E-state index contributed by atoms with van der Waals surface area (Å²) >= 11 is 0. The van der Waals surface area contributed by atoms with Gasteiger partial charge < -0.3 is 14.8 Å². The molecular formula is C17H14F3NO3. The van der Waals surface area contributed by atoms with Gasteiger partial charge in [0.1, 0.15) is 11.5 Å². The lowest BCUT2D eigenvalue weighted by molar-refractivity contribution is -0.274. The third kappa shape index (κ3) is 3.98. The maximum absolute atomic E-state index is 12.2. The third-order valence-corrected chi connectivity index (χ3v) is 3.57. The molecule has 1 aliphatic heterocycles. The maximum atomic E-state index is 12.2. The van der Waals surface area contributed by atoms with Gasteiger partial charge in [0.2, 0.25) is 0 Å². The summed E-state index contributed by atoms with van der Waals surface area (Å²) in [5.41, 5.74) is 1.42. The first kappa shape index (κ1) is 16.2. The van der Waals surface area contributed by atoms with E-state index in [9.17, 15) is 18.0 Å². The second-order valence-electron chi connectivity index (χ2n) is 5.31. The van der Waals surface area contributed by atoms with E-state index in [1.165, 1.54) is 12.1 Å². The van der Waals surface area contributed by atoms with Crippen molar-refractivity contribution in [2.24, 2.45) is 0 Å². The average molecular weight is 337 g/mol. The van der Waals surface area contributed by atoms with Crippen molar-refractivity contribution in [3.63, 3.8) is 0 Å². The summed E-state index contributed by atoms with van der Waals surface area (Å²) in [6, 6.07) is 12.5. The zero-order valence-corrected chi connectivity index (χ0v) is 12.5. The fourth-order valence-corrected chi connectivity index (χ4v) is 2.47. The molecule has 0 aliphatic carbocycles. The Balaban J connectivity index is 1.61. The molecule has 24 heavy (non-hydrogen) atoms. The Bertz CT molecular complexity index is 729. The number of aryl methyl sites for hydroxylation is 1. The van der Waals surface area contributed by atoms with Gasteiger partial charge in [-0.3, -0.25) is 4.79 Å². The van der Waals surface area contributed by atoms with Crippen molar-refractivity contribution >= 4 is 11.6 Å². The first-order valence-corrected chi connectivity index (χ1v) is 7.32. The van der Waals surface area contributed by atoms with Crippen molar-refractivity contribution < 1.29 is 27.4 Å². The van der Waals surface area contributed by atoms with Crippen LogP contribution in [0.1, 0.15) is 12.0 Å². The summed E-state index contributed by atoms with van der Waals surface area (Å²) in [4.78, 5) is 12.2. The summed E-state index contributed by atoms with van der Waals surface area (Å²) < 4.78 is 45.8. The smallest absolute Gasteiger partial charge is 0.480 e. The van der Waals surface area contributed by atoms with Crippen molar-refractivity contribution in [2.75, 3.05) is 5.32 Å². The Morgan fingerprint density at radius 2 is 1.83 bits per heavy atom. The molecule has 1 N–H and O–H groups in total. The highest BCUT2D eigenvalue weighted by atomic mass is 19.4. The summed E-state index contributed by atoms with van der Waals surface area (Å²) in [6.45, 7) is 0. The van der Waals surface area contributed by atoms with E-state index in [0.29, 0.717) is 17.9 Å². The van der Waals surface area contributed by atoms with Crippen LogP contribution < -0.4 is 14.8 Å². The van der Waals surface area contributed by atoms with Crippen LogP contribution in [0.25, 0.3) is 0 Å². The number of fused-ring (bicyclic) bond motifs is 1. The largest absolute Gasteiger partial charge is 0.573 e. The lowest BCUT2D eigenvalue weighted by Gasteiger charge is -2.25. The predicted molar refractivity (Wildman–Crippen MR) is 80.9 cm³/mol. The van der Waals surface area contributed by atoms with Crippen molar-refractivity contribution in [1.29, 1.82) is 0 Å². The molecule has 0 spiro atoms. The number of hydrogen-bond acceptors (Lipinski definition) is 3. The van der Waals surface area contributed by atoms with Crippen molar-refractivity contribution in [1.82, 2.24) is 0 Å². The quantitative estimate of drug-likeness (QED) is 0.923. The minimum absolute atomic E-state index is 0.339. The minimum atomic E-state index is -4.74. The third-order valence-electron chi connectivity index (χ3n) is 3.57. The highest BCUT2D eigenvalue weighted by Crippen LogP contribution is 2.28. The molecule has 0 aromatic heterocycles. The van der Waals surface area contributed by atoms with Gasteiger partial charge in [-0.2, -0.15) is 0 Å². The van der Waals surface area contributed by atoms with E-state index in [2.05, 4.69) is 10.1 Å². The van der Waals surface area contributed by atoms with Crippen LogP contribution in [0.3, 0.4) is 0 Å². The molecular weight excluding hydrogens is 323 g/mol. The van der Waals surface area contributed by atoms with Gasteiger partial charge in [-0.05, 0) is 48.7 Å². The first-order chi connectivity index (χ1) is 11.4. The Kier molecular flexibility index (Phi) is 4.33. The number of rotatable bonds is 3. The molecule has 4 nitrogen and oxygen atoms in total. The number of anilines is 1. The molecule has 2 aromatic carbocycles. The number of carbonyl (C=O) groups excluding carboxylic acids is 1. The Hall–Kier alpha value is -2.70. The second kappa shape index (κ2) is 6.43. The summed E-state index contributed by atoms with van der Waals surface area (Å²) in [7, 11) is 0. The Morgan fingerprint density at radius 1 is 1.12 bits per heavy atom. The molecule has 0 unspecified atom stereocenters. The van der Waals surface area contributed by atoms with Crippen LogP contribution in [0, 0.1) is 0 Å². The maximum Gasteiger partial charge on any atom is 0.573 e. The number of para-hydroxylation sites is 1. The molecule has 1 aliphatic rings. The van der Waals surface area contributed by atoms with Gasteiger partial charge >= 0.3 is 6.36 Å². The van der Waals surface area contributed by atoms with Gasteiger partial charge in [-0.1, -0.05) is 18.2 Å². The number of carbonyl (C=O) groups is 1. The number of nitrogens with one attached hydrogen (secondary N) is 1. The van der Waals surface area contributed by atoms with Gasteiger partial charge in [0.15, 0.2) is 6.10 Å². The number of benzene rings is 2.